The molecule has 1 aliphatic rings. The van der Waals surface area contributed by atoms with Crippen LogP contribution in [-0.2, 0) is 10.2 Å². The predicted octanol–water partition coefficient (Wildman–Crippen LogP) is 1.95. The molecule has 0 radical (unpaired) electrons. The smallest absolute Gasteiger partial charge is 0.237 e. The standard InChI is InChI=1S/C12H15NO2/c1-12(2)8-6-5-7-9(15-4)10(8)13(3)11(12)14/h5-7H,1-4H3. The molecule has 0 unspecified atom stereocenters. The van der Waals surface area contributed by atoms with Crippen molar-refractivity contribution >= 4 is 11.6 Å². The maximum absolute atomic E-state index is 12.0. The van der Waals surface area contributed by atoms with Crippen LogP contribution in [-0.4, -0.2) is 20.1 Å². The molecule has 1 aliphatic heterocycles. The van der Waals surface area contributed by atoms with Gasteiger partial charge in [0.15, 0.2) is 0 Å². The Bertz CT molecular complexity index is 424. The van der Waals surface area contributed by atoms with Gasteiger partial charge in [0.05, 0.1) is 18.2 Å². The lowest BCUT2D eigenvalue weighted by Crippen LogP contribution is -2.33. The van der Waals surface area contributed by atoms with Gasteiger partial charge in [-0.25, -0.2) is 0 Å². The van der Waals surface area contributed by atoms with Crippen LogP contribution in [0.25, 0.3) is 0 Å². The molecule has 1 aromatic carbocycles. The number of amides is 1. The van der Waals surface area contributed by atoms with E-state index in [1.165, 1.54) is 0 Å². The molecule has 0 bridgehead atoms. The fourth-order valence-corrected chi connectivity index (χ4v) is 2.17. The van der Waals surface area contributed by atoms with Gasteiger partial charge in [0.25, 0.3) is 0 Å². The summed E-state index contributed by atoms with van der Waals surface area (Å²) in [5.74, 6) is 0.871. The Morgan fingerprint density at radius 2 is 2.00 bits per heavy atom. The molecule has 1 amide bonds. The fraction of sp³-hybridized carbons (Fsp3) is 0.417. The molecule has 0 saturated heterocycles. The van der Waals surface area contributed by atoms with Gasteiger partial charge >= 0.3 is 0 Å². The molecule has 0 N–H and O–H groups in total. The normalized spacial score (nSPS) is 17.9. The molecular weight excluding hydrogens is 190 g/mol. The third kappa shape index (κ3) is 1.16. The highest BCUT2D eigenvalue weighted by Crippen LogP contribution is 2.45. The SMILES string of the molecule is COc1cccc2c1N(C)C(=O)C2(C)C. The van der Waals surface area contributed by atoms with E-state index in [1.807, 2.05) is 32.0 Å². The molecule has 1 aromatic rings. The van der Waals surface area contributed by atoms with Gasteiger partial charge in [-0.3, -0.25) is 4.79 Å². The molecule has 80 valence electrons. The van der Waals surface area contributed by atoms with Crippen molar-refractivity contribution in [2.24, 2.45) is 0 Å². The van der Waals surface area contributed by atoms with E-state index in [9.17, 15) is 4.79 Å². The van der Waals surface area contributed by atoms with Gasteiger partial charge in [-0.15, -0.1) is 0 Å². The summed E-state index contributed by atoms with van der Waals surface area (Å²) in [5.41, 5.74) is 1.49. The van der Waals surface area contributed by atoms with Crippen LogP contribution >= 0.6 is 0 Å². The van der Waals surface area contributed by atoms with Crippen molar-refractivity contribution in [1.29, 1.82) is 0 Å². The summed E-state index contributed by atoms with van der Waals surface area (Å²) in [4.78, 5) is 13.7. The molecule has 0 fully saturated rings. The molecule has 0 spiro atoms. The number of anilines is 1. The lowest BCUT2D eigenvalue weighted by Gasteiger charge is -2.16. The molecule has 0 saturated carbocycles. The number of ether oxygens (including phenoxy) is 1. The Hall–Kier alpha value is -1.51. The summed E-state index contributed by atoms with van der Waals surface area (Å²) < 4.78 is 5.28. The largest absolute Gasteiger partial charge is 0.495 e. The zero-order valence-electron chi connectivity index (χ0n) is 9.50. The monoisotopic (exact) mass is 205 g/mol. The number of carbonyl (C=O) groups excluding carboxylic acids is 1. The minimum Gasteiger partial charge on any atom is -0.495 e. The number of nitrogens with zero attached hydrogens (tertiary/aromatic N) is 1. The molecule has 15 heavy (non-hydrogen) atoms. The van der Waals surface area contributed by atoms with Crippen LogP contribution in [0.1, 0.15) is 19.4 Å². The van der Waals surface area contributed by atoms with Gasteiger partial charge in [-0.2, -0.15) is 0 Å². The molecule has 0 atom stereocenters. The average molecular weight is 205 g/mol. The number of benzene rings is 1. The van der Waals surface area contributed by atoms with Gasteiger partial charge in [0, 0.05) is 7.05 Å². The quantitative estimate of drug-likeness (QED) is 0.701. The number of hydrogen-bond donors (Lipinski definition) is 0. The van der Waals surface area contributed by atoms with Crippen molar-refractivity contribution < 1.29 is 9.53 Å². The molecule has 0 aromatic heterocycles. The second kappa shape index (κ2) is 2.99. The van der Waals surface area contributed by atoms with E-state index in [0.717, 1.165) is 17.0 Å². The first-order valence-corrected chi connectivity index (χ1v) is 4.95. The Balaban J connectivity index is 2.70. The number of rotatable bonds is 1. The summed E-state index contributed by atoms with van der Waals surface area (Å²) in [5, 5.41) is 0. The van der Waals surface area contributed by atoms with Crippen LogP contribution in [0, 0.1) is 0 Å². The first kappa shape index (κ1) is 10.0. The summed E-state index contributed by atoms with van der Waals surface area (Å²) in [6.07, 6.45) is 0. The molecule has 0 aliphatic carbocycles. The van der Waals surface area contributed by atoms with E-state index in [1.54, 1.807) is 19.1 Å². The van der Waals surface area contributed by atoms with E-state index in [2.05, 4.69) is 0 Å². The van der Waals surface area contributed by atoms with E-state index < -0.39 is 5.41 Å². The van der Waals surface area contributed by atoms with Crippen LogP contribution in [0.3, 0.4) is 0 Å². The van der Waals surface area contributed by atoms with Crippen molar-refractivity contribution in [2.75, 3.05) is 19.1 Å². The van der Waals surface area contributed by atoms with Gasteiger partial charge in [-0.05, 0) is 25.5 Å². The van der Waals surface area contributed by atoms with Crippen molar-refractivity contribution in [3.8, 4) is 5.75 Å². The molecule has 3 nitrogen and oxygen atoms in total. The van der Waals surface area contributed by atoms with Gasteiger partial charge in [-0.1, -0.05) is 12.1 Å². The number of carbonyl (C=O) groups is 1. The minimum atomic E-state index is -0.446. The van der Waals surface area contributed by atoms with Gasteiger partial charge in [0.1, 0.15) is 5.75 Å². The summed E-state index contributed by atoms with van der Waals surface area (Å²) in [6.45, 7) is 3.88. The molecule has 2 rings (SSSR count). The van der Waals surface area contributed by atoms with Crippen LogP contribution in [0.4, 0.5) is 5.69 Å². The highest BCUT2D eigenvalue weighted by molar-refractivity contribution is 6.08. The zero-order chi connectivity index (χ0) is 11.2. The molecule has 3 heteroatoms. The second-order valence-electron chi connectivity index (χ2n) is 4.35. The predicted molar refractivity (Wildman–Crippen MR) is 59.4 cm³/mol. The minimum absolute atomic E-state index is 0.113. The summed E-state index contributed by atoms with van der Waals surface area (Å²) in [7, 11) is 3.41. The van der Waals surface area contributed by atoms with Crippen molar-refractivity contribution in [3.63, 3.8) is 0 Å². The van der Waals surface area contributed by atoms with Gasteiger partial charge < -0.3 is 9.64 Å². The first-order valence-electron chi connectivity index (χ1n) is 4.95. The van der Waals surface area contributed by atoms with E-state index in [4.69, 9.17) is 4.74 Å². The summed E-state index contributed by atoms with van der Waals surface area (Å²) >= 11 is 0. The molecular formula is C12H15NO2. The Labute approximate surface area is 89.7 Å². The number of methoxy groups -OCH3 is 1. The lowest BCUT2D eigenvalue weighted by atomic mass is 9.86. The maximum Gasteiger partial charge on any atom is 0.237 e. The first-order chi connectivity index (χ1) is 7.00. The van der Waals surface area contributed by atoms with Crippen LogP contribution in [0.15, 0.2) is 18.2 Å². The number of likely N-dealkylation sites (N-methyl/N-ethyl adjacent to an activating group) is 1. The summed E-state index contributed by atoms with van der Waals surface area (Å²) in [6, 6.07) is 5.79. The van der Waals surface area contributed by atoms with E-state index >= 15 is 0 Å². The third-order valence-electron chi connectivity index (χ3n) is 3.07. The highest BCUT2D eigenvalue weighted by atomic mass is 16.5. The molecule has 1 heterocycles. The van der Waals surface area contributed by atoms with Crippen molar-refractivity contribution in [3.05, 3.63) is 23.8 Å². The number of fused-ring (bicyclic) bond motifs is 1. The zero-order valence-corrected chi connectivity index (χ0v) is 9.50. The average Bonchev–Trinajstić information content (AvgIpc) is 2.41. The Morgan fingerprint density at radius 1 is 1.33 bits per heavy atom. The highest BCUT2D eigenvalue weighted by Gasteiger charge is 2.43. The fourth-order valence-electron chi connectivity index (χ4n) is 2.17. The van der Waals surface area contributed by atoms with Crippen LogP contribution < -0.4 is 9.64 Å². The van der Waals surface area contributed by atoms with Crippen molar-refractivity contribution in [2.45, 2.75) is 19.3 Å². The van der Waals surface area contributed by atoms with Crippen LogP contribution in [0.5, 0.6) is 5.75 Å². The lowest BCUT2D eigenvalue weighted by molar-refractivity contribution is -0.121. The number of hydrogen-bond acceptors (Lipinski definition) is 2. The van der Waals surface area contributed by atoms with E-state index in [0.29, 0.717) is 0 Å². The number of para-hydroxylation sites is 1. The van der Waals surface area contributed by atoms with Crippen LogP contribution in [0.2, 0.25) is 0 Å². The second-order valence-corrected chi connectivity index (χ2v) is 4.35. The third-order valence-corrected chi connectivity index (χ3v) is 3.07. The Morgan fingerprint density at radius 3 is 2.60 bits per heavy atom. The van der Waals surface area contributed by atoms with E-state index in [-0.39, 0.29) is 5.91 Å². The van der Waals surface area contributed by atoms with Crippen molar-refractivity contribution in [1.82, 2.24) is 0 Å². The topological polar surface area (TPSA) is 29.5 Å². The maximum atomic E-state index is 12.0. The van der Waals surface area contributed by atoms with Gasteiger partial charge in [0.2, 0.25) is 5.91 Å². The Kier molecular flexibility index (Phi) is 2.00.